The standard InChI is InChI=1S/C6H14N2.C2H2O4.Pt/c7-5-3-1-2-4-6(5)8;3-1(4)2(5)6;/h5-6H,1-4,7-8H2;(H,3,4)(H,5,6);/t5-,6+;;. The Morgan fingerprint density at radius 3 is 1.33 bits per heavy atom. The summed E-state index contributed by atoms with van der Waals surface area (Å²) in [7, 11) is 0. The maximum absolute atomic E-state index is 9.10. The van der Waals surface area contributed by atoms with Crippen LogP contribution >= 0.6 is 0 Å². The molecule has 0 aromatic carbocycles. The first-order valence-corrected chi connectivity index (χ1v) is 4.42. The van der Waals surface area contributed by atoms with Crippen molar-refractivity contribution < 1.29 is 40.9 Å². The van der Waals surface area contributed by atoms with Gasteiger partial charge in [0.05, 0.1) is 0 Å². The largest absolute Gasteiger partial charge is 0.473 e. The van der Waals surface area contributed by atoms with E-state index in [1.807, 2.05) is 0 Å². The van der Waals surface area contributed by atoms with Crippen molar-refractivity contribution in [2.75, 3.05) is 0 Å². The molecule has 0 bridgehead atoms. The number of hydrogen-bond donors (Lipinski definition) is 4. The minimum absolute atomic E-state index is 0. The molecule has 0 aliphatic heterocycles. The van der Waals surface area contributed by atoms with Gasteiger partial charge in [0.1, 0.15) is 0 Å². The number of nitrogens with two attached hydrogens (primary N) is 2. The van der Waals surface area contributed by atoms with E-state index in [-0.39, 0.29) is 33.1 Å². The van der Waals surface area contributed by atoms with Gasteiger partial charge in [-0.05, 0) is 12.8 Å². The van der Waals surface area contributed by atoms with Gasteiger partial charge < -0.3 is 21.7 Å². The second-order valence-corrected chi connectivity index (χ2v) is 3.22. The summed E-state index contributed by atoms with van der Waals surface area (Å²) in [6, 6.07) is 0.562. The molecule has 0 spiro atoms. The van der Waals surface area contributed by atoms with Crippen LogP contribution in [0.25, 0.3) is 0 Å². The zero-order chi connectivity index (χ0) is 11.1. The second-order valence-electron chi connectivity index (χ2n) is 3.22. The molecule has 0 heterocycles. The number of carbonyl (C=O) groups is 2. The van der Waals surface area contributed by atoms with Gasteiger partial charge in [-0.15, -0.1) is 0 Å². The molecule has 1 fully saturated rings. The molecule has 15 heavy (non-hydrogen) atoms. The molecule has 0 amide bonds. The normalized spacial score (nSPS) is 24.1. The molecule has 7 heteroatoms. The maximum Gasteiger partial charge on any atom is 0.414 e. The zero-order valence-electron chi connectivity index (χ0n) is 8.16. The minimum atomic E-state index is -1.82. The average Bonchev–Trinajstić information content (AvgIpc) is 2.11. The smallest absolute Gasteiger partial charge is 0.414 e. The van der Waals surface area contributed by atoms with Gasteiger partial charge in [0, 0.05) is 33.1 Å². The first kappa shape index (κ1) is 17.0. The van der Waals surface area contributed by atoms with Gasteiger partial charge in [-0.2, -0.15) is 0 Å². The summed E-state index contributed by atoms with van der Waals surface area (Å²) in [4.78, 5) is 18.2. The fourth-order valence-electron chi connectivity index (χ4n) is 1.19. The maximum atomic E-state index is 9.10. The Balaban J connectivity index is 0. The van der Waals surface area contributed by atoms with Crippen molar-refractivity contribution in [3.63, 3.8) is 0 Å². The summed E-state index contributed by atoms with van der Waals surface area (Å²) in [5.74, 6) is -3.65. The zero-order valence-corrected chi connectivity index (χ0v) is 10.4. The SMILES string of the molecule is N[C@@H]1CCCC[C@@H]1N.O=C(O)C(=O)O.[Pt]. The number of carboxylic acid groups (broad SMARTS) is 2. The van der Waals surface area contributed by atoms with Crippen LogP contribution < -0.4 is 11.5 Å². The monoisotopic (exact) mass is 399 g/mol. The van der Waals surface area contributed by atoms with E-state index < -0.39 is 11.9 Å². The Kier molecular flexibility index (Phi) is 9.98. The molecule has 0 radical (unpaired) electrons. The molecule has 1 aliphatic carbocycles. The van der Waals surface area contributed by atoms with Crippen LogP contribution in [0.3, 0.4) is 0 Å². The molecule has 6 nitrogen and oxygen atoms in total. The van der Waals surface area contributed by atoms with E-state index in [1.165, 1.54) is 12.8 Å². The molecule has 6 N–H and O–H groups in total. The van der Waals surface area contributed by atoms with Crippen molar-refractivity contribution >= 4 is 11.9 Å². The second kappa shape index (κ2) is 8.82. The molecule has 1 saturated carbocycles. The summed E-state index contributed by atoms with van der Waals surface area (Å²) in [5.41, 5.74) is 11.3. The van der Waals surface area contributed by atoms with Gasteiger partial charge >= 0.3 is 11.9 Å². The van der Waals surface area contributed by atoms with Crippen LogP contribution in [-0.4, -0.2) is 34.2 Å². The number of hydrogen-bond acceptors (Lipinski definition) is 4. The predicted octanol–water partition coefficient (Wildman–Crippen LogP) is -0.632. The van der Waals surface area contributed by atoms with Crippen molar-refractivity contribution in [1.29, 1.82) is 0 Å². The van der Waals surface area contributed by atoms with Gasteiger partial charge in [-0.3, -0.25) is 0 Å². The molecular formula is C8H16N2O4Pt. The first-order valence-electron chi connectivity index (χ1n) is 4.42. The molecule has 2 atom stereocenters. The van der Waals surface area contributed by atoms with Crippen LogP contribution in [0.1, 0.15) is 25.7 Å². The summed E-state index contributed by atoms with van der Waals surface area (Å²) in [6.07, 6.45) is 4.80. The van der Waals surface area contributed by atoms with E-state index in [1.54, 1.807) is 0 Å². The van der Waals surface area contributed by atoms with E-state index in [9.17, 15) is 0 Å². The Morgan fingerprint density at radius 2 is 1.20 bits per heavy atom. The quantitative estimate of drug-likeness (QED) is 0.402. The molecule has 0 unspecified atom stereocenters. The van der Waals surface area contributed by atoms with E-state index in [4.69, 9.17) is 31.3 Å². The van der Waals surface area contributed by atoms with Gasteiger partial charge in [0.25, 0.3) is 0 Å². The van der Waals surface area contributed by atoms with Crippen molar-refractivity contribution in [3.8, 4) is 0 Å². The first-order chi connectivity index (χ1) is 6.45. The van der Waals surface area contributed by atoms with E-state index in [0.29, 0.717) is 0 Å². The van der Waals surface area contributed by atoms with Crippen LogP contribution in [0.2, 0.25) is 0 Å². The van der Waals surface area contributed by atoms with E-state index in [0.717, 1.165) is 12.8 Å². The molecular weight excluding hydrogens is 383 g/mol. The molecule has 1 rings (SSSR count). The summed E-state index contributed by atoms with van der Waals surface area (Å²) in [6.45, 7) is 0. The third kappa shape index (κ3) is 8.54. The van der Waals surface area contributed by atoms with Crippen LogP contribution in [0.15, 0.2) is 0 Å². The Morgan fingerprint density at radius 1 is 0.933 bits per heavy atom. The van der Waals surface area contributed by atoms with Gasteiger partial charge in [-0.1, -0.05) is 12.8 Å². The molecule has 0 aromatic rings. The van der Waals surface area contributed by atoms with Crippen molar-refractivity contribution in [2.45, 2.75) is 37.8 Å². The molecule has 0 saturated heterocycles. The van der Waals surface area contributed by atoms with Crippen molar-refractivity contribution in [1.82, 2.24) is 0 Å². The molecule has 0 aromatic heterocycles. The Hall–Kier alpha value is -0.452. The summed E-state index contributed by atoms with van der Waals surface area (Å²) in [5, 5.41) is 14.8. The Bertz CT molecular complexity index is 191. The predicted molar refractivity (Wildman–Crippen MR) is 49.7 cm³/mol. The van der Waals surface area contributed by atoms with Crippen molar-refractivity contribution in [3.05, 3.63) is 0 Å². The third-order valence-electron chi connectivity index (χ3n) is 2.06. The van der Waals surface area contributed by atoms with E-state index >= 15 is 0 Å². The fourth-order valence-corrected chi connectivity index (χ4v) is 1.19. The van der Waals surface area contributed by atoms with Crippen LogP contribution in [0, 0.1) is 0 Å². The summed E-state index contributed by atoms with van der Waals surface area (Å²) >= 11 is 0. The number of rotatable bonds is 0. The van der Waals surface area contributed by atoms with E-state index in [2.05, 4.69) is 0 Å². The van der Waals surface area contributed by atoms with Crippen LogP contribution in [0.4, 0.5) is 0 Å². The van der Waals surface area contributed by atoms with Gasteiger partial charge in [0.15, 0.2) is 0 Å². The average molecular weight is 399 g/mol. The third-order valence-corrected chi connectivity index (χ3v) is 2.06. The fraction of sp³-hybridized carbons (Fsp3) is 0.750. The number of aliphatic carboxylic acids is 2. The molecule has 92 valence electrons. The topological polar surface area (TPSA) is 127 Å². The van der Waals surface area contributed by atoms with Gasteiger partial charge in [0.2, 0.25) is 0 Å². The van der Waals surface area contributed by atoms with Crippen LogP contribution in [0.5, 0.6) is 0 Å². The summed E-state index contributed by atoms with van der Waals surface area (Å²) < 4.78 is 0. The number of carboxylic acids is 2. The Labute approximate surface area is 102 Å². The van der Waals surface area contributed by atoms with Gasteiger partial charge in [-0.25, -0.2) is 9.59 Å². The van der Waals surface area contributed by atoms with Crippen LogP contribution in [-0.2, 0) is 30.7 Å². The van der Waals surface area contributed by atoms with Crippen molar-refractivity contribution in [2.24, 2.45) is 11.5 Å². The minimum Gasteiger partial charge on any atom is -0.473 e. The molecule has 1 aliphatic rings.